The molecule has 1 aromatic carbocycles. The minimum absolute atomic E-state index is 0.604. The number of benzene rings is 1. The largest absolute Gasteiger partial charge is 0.381 e. The Balaban J connectivity index is 1.46. The third-order valence-corrected chi connectivity index (χ3v) is 5.73. The van der Waals surface area contributed by atoms with Gasteiger partial charge in [-0.1, -0.05) is 12.1 Å². The van der Waals surface area contributed by atoms with Gasteiger partial charge in [-0.3, -0.25) is 0 Å². The molecule has 140 valence electrons. The molecule has 4 rings (SSSR count). The SMILES string of the molecule is Cc1ccc2c(C)nc(N3CCC[C@H](NC4CCOCC4)CC3)nc2c1. The third-order valence-electron chi connectivity index (χ3n) is 5.73. The van der Waals surface area contributed by atoms with Crippen molar-refractivity contribution >= 4 is 16.9 Å². The quantitative estimate of drug-likeness (QED) is 0.916. The molecule has 2 fully saturated rings. The van der Waals surface area contributed by atoms with E-state index in [-0.39, 0.29) is 0 Å². The van der Waals surface area contributed by atoms with Crippen LogP contribution in [0.25, 0.3) is 10.9 Å². The molecule has 1 aromatic heterocycles. The molecule has 2 aromatic rings. The number of rotatable bonds is 3. The lowest BCUT2D eigenvalue weighted by molar-refractivity contribution is 0.0744. The van der Waals surface area contributed by atoms with Crippen LogP contribution in [-0.4, -0.2) is 48.4 Å². The van der Waals surface area contributed by atoms with Gasteiger partial charge in [-0.05, 0) is 57.6 Å². The Bertz CT molecular complexity index is 757. The average molecular weight is 354 g/mol. The summed E-state index contributed by atoms with van der Waals surface area (Å²) in [5.41, 5.74) is 3.39. The molecule has 0 bridgehead atoms. The van der Waals surface area contributed by atoms with E-state index in [1.54, 1.807) is 0 Å². The van der Waals surface area contributed by atoms with Crippen LogP contribution >= 0.6 is 0 Å². The highest BCUT2D eigenvalue weighted by molar-refractivity contribution is 5.82. The normalized spacial score (nSPS) is 22.5. The number of aryl methyl sites for hydroxylation is 2. The van der Waals surface area contributed by atoms with Crippen LogP contribution in [0.15, 0.2) is 18.2 Å². The number of hydrogen-bond donors (Lipinski definition) is 1. The van der Waals surface area contributed by atoms with Crippen LogP contribution < -0.4 is 10.2 Å². The minimum Gasteiger partial charge on any atom is -0.381 e. The lowest BCUT2D eigenvalue weighted by Crippen LogP contribution is -2.42. The predicted molar refractivity (Wildman–Crippen MR) is 106 cm³/mol. The standard InChI is InChI=1S/C21H30N4O/c1-15-5-6-19-16(2)22-21(24-20(19)14-15)25-10-3-4-17(7-11-25)23-18-8-12-26-13-9-18/h5-6,14,17-18,23H,3-4,7-13H2,1-2H3/t17-/m0/s1. The average Bonchev–Trinajstić information content (AvgIpc) is 2.88. The van der Waals surface area contributed by atoms with Crippen LogP contribution in [-0.2, 0) is 4.74 Å². The van der Waals surface area contributed by atoms with Gasteiger partial charge in [0, 0.05) is 43.8 Å². The molecule has 2 aliphatic rings. The summed E-state index contributed by atoms with van der Waals surface area (Å²) in [5, 5.41) is 5.03. The number of nitrogens with zero attached hydrogens (tertiary/aromatic N) is 3. The molecule has 0 amide bonds. The number of nitrogens with one attached hydrogen (secondary N) is 1. The van der Waals surface area contributed by atoms with Gasteiger partial charge in [0.25, 0.3) is 0 Å². The first kappa shape index (κ1) is 17.7. The van der Waals surface area contributed by atoms with Gasteiger partial charge in [0.2, 0.25) is 5.95 Å². The molecule has 26 heavy (non-hydrogen) atoms. The zero-order valence-corrected chi connectivity index (χ0v) is 16.0. The predicted octanol–water partition coefficient (Wildman–Crippen LogP) is 3.37. The van der Waals surface area contributed by atoms with E-state index in [9.17, 15) is 0 Å². The summed E-state index contributed by atoms with van der Waals surface area (Å²) in [5.74, 6) is 0.896. The number of hydrogen-bond acceptors (Lipinski definition) is 5. The molecule has 2 saturated heterocycles. The van der Waals surface area contributed by atoms with Gasteiger partial charge in [-0.15, -0.1) is 0 Å². The zero-order chi connectivity index (χ0) is 17.9. The first-order valence-electron chi connectivity index (χ1n) is 10.0. The third kappa shape index (κ3) is 3.99. The zero-order valence-electron chi connectivity index (χ0n) is 16.0. The lowest BCUT2D eigenvalue weighted by Gasteiger charge is -2.28. The minimum atomic E-state index is 0.604. The molecule has 0 saturated carbocycles. The maximum Gasteiger partial charge on any atom is 0.226 e. The molecule has 2 aliphatic heterocycles. The Morgan fingerprint density at radius 1 is 1.00 bits per heavy atom. The van der Waals surface area contributed by atoms with Crippen molar-refractivity contribution < 1.29 is 4.74 Å². The second-order valence-corrected chi connectivity index (χ2v) is 7.80. The highest BCUT2D eigenvalue weighted by Crippen LogP contribution is 2.23. The fourth-order valence-electron chi connectivity index (χ4n) is 4.19. The molecular weight excluding hydrogens is 324 g/mol. The molecule has 3 heterocycles. The number of anilines is 1. The monoisotopic (exact) mass is 354 g/mol. The Morgan fingerprint density at radius 2 is 1.81 bits per heavy atom. The van der Waals surface area contributed by atoms with Crippen molar-refractivity contribution in [3.05, 3.63) is 29.5 Å². The summed E-state index contributed by atoms with van der Waals surface area (Å²) in [4.78, 5) is 12.1. The second-order valence-electron chi connectivity index (χ2n) is 7.80. The summed E-state index contributed by atoms with van der Waals surface area (Å²) >= 11 is 0. The van der Waals surface area contributed by atoms with Crippen molar-refractivity contribution in [2.45, 2.75) is 58.0 Å². The van der Waals surface area contributed by atoms with Crippen molar-refractivity contribution in [2.24, 2.45) is 0 Å². The molecule has 0 aliphatic carbocycles. The van der Waals surface area contributed by atoms with Crippen molar-refractivity contribution in [1.29, 1.82) is 0 Å². The van der Waals surface area contributed by atoms with E-state index < -0.39 is 0 Å². The Morgan fingerprint density at radius 3 is 2.65 bits per heavy atom. The van der Waals surface area contributed by atoms with Crippen LogP contribution in [0.2, 0.25) is 0 Å². The summed E-state index contributed by atoms with van der Waals surface area (Å²) in [6.45, 7) is 8.09. The lowest BCUT2D eigenvalue weighted by atomic mass is 10.0. The van der Waals surface area contributed by atoms with Crippen LogP contribution in [0.5, 0.6) is 0 Å². The molecule has 5 heteroatoms. The van der Waals surface area contributed by atoms with Crippen LogP contribution in [0.1, 0.15) is 43.4 Å². The molecule has 0 unspecified atom stereocenters. The summed E-state index contributed by atoms with van der Waals surface area (Å²) in [6.07, 6.45) is 5.87. The van der Waals surface area contributed by atoms with E-state index in [1.165, 1.54) is 18.4 Å². The Labute approximate surface area is 156 Å². The summed E-state index contributed by atoms with van der Waals surface area (Å²) < 4.78 is 5.48. The van der Waals surface area contributed by atoms with Crippen molar-refractivity contribution in [2.75, 3.05) is 31.2 Å². The fourth-order valence-corrected chi connectivity index (χ4v) is 4.19. The van der Waals surface area contributed by atoms with Gasteiger partial charge >= 0.3 is 0 Å². The van der Waals surface area contributed by atoms with E-state index in [4.69, 9.17) is 14.7 Å². The van der Waals surface area contributed by atoms with Gasteiger partial charge in [0.15, 0.2) is 0 Å². The van der Waals surface area contributed by atoms with Gasteiger partial charge < -0.3 is 15.0 Å². The first-order chi connectivity index (χ1) is 12.7. The van der Waals surface area contributed by atoms with Gasteiger partial charge in [-0.2, -0.15) is 0 Å². The Hall–Kier alpha value is -1.72. The maximum atomic E-state index is 5.48. The summed E-state index contributed by atoms with van der Waals surface area (Å²) in [6, 6.07) is 7.67. The van der Waals surface area contributed by atoms with E-state index in [1.807, 2.05) is 0 Å². The Kier molecular flexibility index (Phi) is 5.36. The van der Waals surface area contributed by atoms with E-state index in [0.29, 0.717) is 12.1 Å². The molecular formula is C21H30N4O. The van der Waals surface area contributed by atoms with E-state index in [2.05, 4.69) is 42.3 Å². The molecule has 0 radical (unpaired) electrons. The molecule has 1 N–H and O–H groups in total. The van der Waals surface area contributed by atoms with Gasteiger partial charge in [0.1, 0.15) is 0 Å². The number of aromatic nitrogens is 2. The topological polar surface area (TPSA) is 50.3 Å². The van der Waals surface area contributed by atoms with Crippen molar-refractivity contribution in [3.8, 4) is 0 Å². The summed E-state index contributed by atoms with van der Waals surface area (Å²) in [7, 11) is 0. The van der Waals surface area contributed by atoms with Crippen LogP contribution in [0, 0.1) is 13.8 Å². The highest BCUT2D eigenvalue weighted by atomic mass is 16.5. The van der Waals surface area contributed by atoms with Crippen LogP contribution in [0.4, 0.5) is 5.95 Å². The highest BCUT2D eigenvalue weighted by Gasteiger charge is 2.22. The van der Waals surface area contributed by atoms with E-state index in [0.717, 1.165) is 68.1 Å². The van der Waals surface area contributed by atoms with Crippen LogP contribution in [0.3, 0.4) is 0 Å². The maximum absolute atomic E-state index is 5.48. The molecule has 1 atom stereocenters. The van der Waals surface area contributed by atoms with Crippen molar-refractivity contribution in [1.82, 2.24) is 15.3 Å². The molecule has 5 nitrogen and oxygen atoms in total. The van der Waals surface area contributed by atoms with E-state index >= 15 is 0 Å². The number of ether oxygens (including phenoxy) is 1. The first-order valence-corrected chi connectivity index (χ1v) is 10.0. The number of fused-ring (bicyclic) bond motifs is 1. The smallest absolute Gasteiger partial charge is 0.226 e. The van der Waals surface area contributed by atoms with Crippen molar-refractivity contribution in [3.63, 3.8) is 0 Å². The fraction of sp³-hybridized carbons (Fsp3) is 0.619. The second kappa shape index (κ2) is 7.89. The molecule has 0 spiro atoms. The van der Waals surface area contributed by atoms with Gasteiger partial charge in [0.05, 0.1) is 11.2 Å². The van der Waals surface area contributed by atoms with Gasteiger partial charge in [-0.25, -0.2) is 9.97 Å².